The molecule has 0 heterocycles. The number of carbonyl (C=O) groups is 1. The van der Waals surface area contributed by atoms with Crippen LogP contribution in [0.1, 0.15) is 25.0 Å². The van der Waals surface area contributed by atoms with E-state index in [0.717, 1.165) is 5.56 Å². The van der Waals surface area contributed by atoms with E-state index in [4.69, 9.17) is 10.8 Å². The molecule has 0 fully saturated rings. The first-order valence-corrected chi connectivity index (χ1v) is 7.37. The summed E-state index contributed by atoms with van der Waals surface area (Å²) in [4.78, 5) is 13.8. The fraction of sp³-hybridized carbons (Fsp3) is 0.500. The lowest BCUT2D eigenvalue weighted by Crippen LogP contribution is -2.32. The van der Waals surface area contributed by atoms with Crippen LogP contribution in [0.2, 0.25) is 0 Å². The molecular weight excluding hydrogens is 323 g/mol. The van der Waals surface area contributed by atoms with Crippen molar-refractivity contribution >= 4 is 12.3 Å². The number of aryl methyl sites for hydroxylation is 1. The minimum atomic E-state index is -4.46. The minimum absolute atomic E-state index is 0.159. The standard InChI is InChI=1S/C13H20N2.C3H4F3NO2/c1-10(2)13(14)9-15-8-12-6-4-11(3)5-7-12;4-3(5,6)1-7-2(8)9/h4-8,10,13H,9,14H2,1-3H3;7H,1H2,(H,8,9). The Labute approximate surface area is 139 Å². The fourth-order valence-electron chi connectivity index (χ4n) is 1.32. The molecule has 0 radical (unpaired) electrons. The van der Waals surface area contributed by atoms with Crippen molar-refractivity contribution in [1.29, 1.82) is 0 Å². The van der Waals surface area contributed by atoms with Gasteiger partial charge in [0.15, 0.2) is 0 Å². The summed E-state index contributed by atoms with van der Waals surface area (Å²) in [5.41, 5.74) is 8.30. The van der Waals surface area contributed by atoms with Crippen LogP contribution >= 0.6 is 0 Å². The lowest BCUT2D eigenvalue weighted by atomic mass is 10.1. The number of aliphatic imine (C=N–C) groups is 1. The Morgan fingerprint density at radius 2 is 1.88 bits per heavy atom. The van der Waals surface area contributed by atoms with Gasteiger partial charge in [-0.15, -0.1) is 0 Å². The number of carboxylic acid groups (broad SMARTS) is 1. The van der Waals surface area contributed by atoms with Gasteiger partial charge in [-0.05, 0) is 18.4 Å². The van der Waals surface area contributed by atoms with Crippen LogP contribution < -0.4 is 11.1 Å². The molecule has 0 aromatic heterocycles. The third-order valence-corrected chi connectivity index (χ3v) is 2.93. The van der Waals surface area contributed by atoms with Gasteiger partial charge in [0, 0.05) is 12.3 Å². The summed E-state index contributed by atoms with van der Waals surface area (Å²) >= 11 is 0. The molecule has 0 aliphatic carbocycles. The average molecular weight is 347 g/mol. The van der Waals surface area contributed by atoms with Crippen molar-refractivity contribution in [3.8, 4) is 0 Å². The average Bonchev–Trinajstić information content (AvgIpc) is 2.47. The van der Waals surface area contributed by atoms with Gasteiger partial charge in [-0.2, -0.15) is 13.2 Å². The minimum Gasteiger partial charge on any atom is -0.465 e. The van der Waals surface area contributed by atoms with Gasteiger partial charge in [0.05, 0.1) is 6.54 Å². The lowest BCUT2D eigenvalue weighted by Gasteiger charge is -2.11. The lowest BCUT2D eigenvalue weighted by molar-refractivity contribution is -0.123. The number of nitrogens with zero attached hydrogens (tertiary/aromatic N) is 1. The number of nitrogens with one attached hydrogen (secondary N) is 1. The second-order valence-corrected chi connectivity index (χ2v) is 5.59. The maximum absolute atomic E-state index is 11.1. The van der Waals surface area contributed by atoms with Gasteiger partial charge in [0.25, 0.3) is 0 Å². The summed E-state index contributed by atoms with van der Waals surface area (Å²) in [6, 6.07) is 8.47. The number of nitrogens with two attached hydrogens (primary N) is 1. The van der Waals surface area contributed by atoms with Crippen molar-refractivity contribution in [2.45, 2.75) is 33.0 Å². The van der Waals surface area contributed by atoms with Crippen LogP contribution in [0.25, 0.3) is 0 Å². The molecule has 0 saturated carbocycles. The second kappa shape index (κ2) is 10.6. The molecule has 0 saturated heterocycles. The van der Waals surface area contributed by atoms with Gasteiger partial charge in [-0.1, -0.05) is 43.7 Å². The Bertz CT molecular complexity index is 514. The quantitative estimate of drug-likeness (QED) is 0.715. The normalized spacial score (nSPS) is 12.7. The molecule has 0 aliphatic rings. The predicted molar refractivity (Wildman–Crippen MR) is 88.5 cm³/mol. The third kappa shape index (κ3) is 12.5. The molecule has 136 valence electrons. The summed E-state index contributed by atoms with van der Waals surface area (Å²) in [7, 11) is 0. The number of rotatable bonds is 5. The molecule has 1 amide bonds. The van der Waals surface area contributed by atoms with Crippen LogP contribution in [-0.4, -0.2) is 42.7 Å². The highest BCUT2D eigenvalue weighted by molar-refractivity contribution is 5.79. The smallest absolute Gasteiger partial charge is 0.405 e. The van der Waals surface area contributed by atoms with E-state index in [0.29, 0.717) is 12.5 Å². The Morgan fingerprint density at radius 1 is 1.33 bits per heavy atom. The van der Waals surface area contributed by atoms with E-state index in [1.54, 1.807) is 0 Å². The molecular formula is C16H24F3N3O2. The first-order chi connectivity index (χ1) is 11.0. The van der Waals surface area contributed by atoms with Gasteiger partial charge >= 0.3 is 12.3 Å². The van der Waals surface area contributed by atoms with Crippen LogP contribution in [0.15, 0.2) is 29.3 Å². The maximum atomic E-state index is 11.1. The molecule has 1 aromatic rings. The topological polar surface area (TPSA) is 87.7 Å². The molecule has 4 N–H and O–H groups in total. The van der Waals surface area contributed by atoms with Gasteiger partial charge < -0.3 is 16.2 Å². The van der Waals surface area contributed by atoms with Crippen LogP contribution in [0.4, 0.5) is 18.0 Å². The number of amides is 1. The predicted octanol–water partition coefficient (Wildman–Crippen LogP) is 3.21. The van der Waals surface area contributed by atoms with E-state index >= 15 is 0 Å². The summed E-state index contributed by atoms with van der Waals surface area (Å²) in [5.74, 6) is 0.486. The Kier molecular flexibility index (Phi) is 9.71. The molecule has 5 nitrogen and oxygen atoms in total. The Morgan fingerprint density at radius 3 is 2.25 bits per heavy atom. The van der Waals surface area contributed by atoms with E-state index in [1.807, 2.05) is 6.21 Å². The number of hydrogen-bond acceptors (Lipinski definition) is 3. The van der Waals surface area contributed by atoms with Crippen molar-refractivity contribution in [1.82, 2.24) is 5.32 Å². The van der Waals surface area contributed by atoms with Gasteiger partial charge in [-0.3, -0.25) is 4.99 Å². The maximum Gasteiger partial charge on any atom is 0.405 e. The number of alkyl halides is 3. The van der Waals surface area contributed by atoms with E-state index < -0.39 is 18.8 Å². The van der Waals surface area contributed by atoms with E-state index in [9.17, 15) is 18.0 Å². The van der Waals surface area contributed by atoms with Gasteiger partial charge in [-0.25, -0.2) is 4.79 Å². The molecule has 0 aliphatic heterocycles. The summed E-state index contributed by atoms with van der Waals surface area (Å²) in [6.45, 7) is 5.52. The Hall–Kier alpha value is -2.09. The zero-order chi connectivity index (χ0) is 18.8. The van der Waals surface area contributed by atoms with Gasteiger partial charge in [0.2, 0.25) is 0 Å². The molecule has 1 atom stereocenters. The highest BCUT2D eigenvalue weighted by Gasteiger charge is 2.27. The van der Waals surface area contributed by atoms with E-state index in [2.05, 4.69) is 50.0 Å². The fourth-order valence-corrected chi connectivity index (χ4v) is 1.32. The Balaban J connectivity index is 0.000000506. The van der Waals surface area contributed by atoms with Crippen molar-refractivity contribution in [2.24, 2.45) is 16.6 Å². The third-order valence-electron chi connectivity index (χ3n) is 2.93. The number of hydrogen-bond donors (Lipinski definition) is 3. The van der Waals surface area contributed by atoms with Crippen molar-refractivity contribution in [3.05, 3.63) is 35.4 Å². The van der Waals surface area contributed by atoms with Gasteiger partial charge in [0.1, 0.15) is 6.54 Å². The number of benzene rings is 1. The number of halogens is 3. The van der Waals surface area contributed by atoms with Crippen LogP contribution in [0, 0.1) is 12.8 Å². The first-order valence-electron chi connectivity index (χ1n) is 7.37. The zero-order valence-electron chi connectivity index (χ0n) is 14.0. The van der Waals surface area contributed by atoms with E-state index in [1.165, 1.54) is 10.9 Å². The molecule has 1 unspecified atom stereocenters. The van der Waals surface area contributed by atoms with Crippen LogP contribution in [0.3, 0.4) is 0 Å². The second-order valence-electron chi connectivity index (χ2n) is 5.59. The summed E-state index contributed by atoms with van der Waals surface area (Å²) in [5, 5.41) is 8.84. The molecule has 1 aromatic carbocycles. The molecule has 24 heavy (non-hydrogen) atoms. The van der Waals surface area contributed by atoms with Crippen molar-refractivity contribution in [3.63, 3.8) is 0 Å². The highest BCUT2D eigenvalue weighted by Crippen LogP contribution is 2.11. The molecule has 0 spiro atoms. The zero-order valence-corrected chi connectivity index (χ0v) is 14.0. The SMILES string of the molecule is Cc1ccc(C=NCC(N)C(C)C)cc1.O=C(O)NCC(F)(F)F. The monoisotopic (exact) mass is 347 g/mol. The van der Waals surface area contributed by atoms with Crippen molar-refractivity contribution in [2.75, 3.05) is 13.1 Å². The molecule has 8 heteroatoms. The highest BCUT2D eigenvalue weighted by atomic mass is 19.4. The summed E-state index contributed by atoms with van der Waals surface area (Å²) in [6.07, 6.45) is -4.24. The first kappa shape index (κ1) is 21.9. The van der Waals surface area contributed by atoms with Crippen LogP contribution in [-0.2, 0) is 0 Å². The largest absolute Gasteiger partial charge is 0.465 e. The molecule has 0 bridgehead atoms. The van der Waals surface area contributed by atoms with Crippen molar-refractivity contribution < 1.29 is 23.1 Å². The van der Waals surface area contributed by atoms with Crippen LogP contribution in [0.5, 0.6) is 0 Å². The molecule has 1 rings (SSSR count). The summed E-state index contributed by atoms with van der Waals surface area (Å²) < 4.78 is 33.3. The van der Waals surface area contributed by atoms with E-state index in [-0.39, 0.29) is 6.04 Å².